The summed E-state index contributed by atoms with van der Waals surface area (Å²) in [6.07, 6.45) is 8.32. The molecule has 20 heavy (non-hydrogen) atoms. The molecule has 0 aliphatic rings. The van der Waals surface area contributed by atoms with Gasteiger partial charge in [0, 0.05) is 6.42 Å². The maximum absolute atomic E-state index is 3.48. The lowest BCUT2D eigenvalue weighted by molar-refractivity contribution is 0.710. The molecule has 0 bridgehead atoms. The van der Waals surface area contributed by atoms with Gasteiger partial charge in [-0.3, -0.25) is 0 Å². The summed E-state index contributed by atoms with van der Waals surface area (Å²) in [6.45, 7) is 9.17. The van der Waals surface area contributed by atoms with Crippen molar-refractivity contribution < 1.29 is 0 Å². The molecule has 1 rings (SSSR count). The van der Waals surface area contributed by atoms with E-state index in [2.05, 4.69) is 74.4 Å². The first-order valence-electron chi connectivity index (χ1n) is 7.76. The Labute approximate surface area is 126 Å². The smallest absolute Gasteiger partial charge is 0.129 e. The van der Waals surface area contributed by atoms with Crippen LogP contribution in [0.15, 0.2) is 35.9 Å². The quantitative estimate of drug-likeness (QED) is 0.345. The highest BCUT2D eigenvalue weighted by Crippen LogP contribution is 2.16. The molecule has 0 aliphatic heterocycles. The summed E-state index contributed by atoms with van der Waals surface area (Å²) in [5.74, 6) is 3.42. The van der Waals surface area contributed by atoms with Crippen molar-refractivity contribution in [3.8, 4) is 11.5 Å². The molecule has 0 aromatic heterocycles. The number of allylic oxidation sites excluding steroid dienone is 1. The molecule has 0 N–H and O–H groups in total. The van der Waals surface area contributed by atoms with E-state index in [1.54, 1.807) is 0 Å². The van der Waals surface area contributed by atoms with Gasteiger partial charge in [-0.2, -0.15) is 0 Å². The molecule has 0 amide bonds. The van der Waals surface area contributed by atoms with Crippen molar-refractivity contribution in [3.63, 3.8) is 0 Å². The number of unbranched alkanes of at least 4 members (excludes halogenated alkanes) is 2. The van der Waals surface area contributed by atoms with E-state index in [1.807, 2.05) is 0 Å². The summed E-state index contributed by atoms with van der Waals surface area (Å²) in [5, 5.41) is 0. The van der Waals surface area contributed by atoms with Crippen molar-refractivity contribution in [3.05, 3.63) is 41.5 Å². The summed E-state index contributed by atoms with van der Waals surface area (Å²) < 4.78 is 0. The Balaban J connectivity index is 2.74. The zero-order chi connectivity index (χ0) is 14.8. The molecule has 1 aromatic rings. The van der Waals surface area contributed by atoms with Gasteiger partial charge in [0.05, 0.1) is 0 Å². The standard InChI is InChI=1S/C19H28Si/c1-5-6-8-12-19(15-11-16-20(2,3)4)17-18-13-9-7-10-14-18/h7,9-10,13-14,17H,5-6,8,12,15H2,1-4H3/b19-17+. The summed E-state index contributed by atoms with van der Waals surface area (Å²) >= 11 is 0. The predicted octanol–water partition coefficient (Wildman–Crippen LogP) is 5.92. The van der Waals surface area contributed by atoms with Crippen molar-refractivity contribution in [2.75, 3.05) is 0 Å². The molecular formula is C19H28Si. The van der Waals surface area contributed by atoms with Crippen LogP contribution in [0, 0.1) is 11.5 Å². The molecule has 1 heteroatoms. The summed E-state index contributed by atoms with van der Waals surface area (Å²) in [4.78, 5) is 0. The highest BCUT2D eigenvalue weighted by Gasteiger charge is 2.07. The van der Waals surface area contributed by atoms with Gasteiger partial charge < -0.3 is 0 Å². The van der Waals surface area contributed by atoms with Crippen molar-refractivity contribution in [1.29, 1.82) is 0 Å². The average molecular weight is 285 g/mol. The molecule has 0 spiro atoms. The third-order valence-corrected chi connectivity index (χ3v) is 3.98. The molecule has 0 heterocycles. The lowest BCUT2D eigenvalue weighted by atomic mass is 10.0. The summed E-state index contributed by atoms with van der Waals surface area (Å²) in [7, 11) is -1.24. The van der Waals surface area contributed by atoms with Gasteiger partial charge in [0.2, 0.25) is 0 Å². The molecule has 0 unspecified atom stereocenters. The molecular weight excluding hydrogens is 256 g/mol. The topological polar surface area (TPSA) is 0 Å². The Morgan fingerprint density at radius 2 is 1.80 bits per heavy atom. The van der Waals surface area contributed by atoms with Gasteiger partial charge in [0.15, 0.2) is 0 Å². The maximum atomic E-state index is 3.48. The highest BCUT2D eigenvalue weighted by molar-refractivity contribution is 6.83. The highest BCUT2D eigenvalue weighted by atomic mass is 28.3. The molecule has 1 aromatic carbocycles. The van der Waals surface area contributed by atoms with Crippen LogP contribution in [0.3, 0.4) is 0 Å². The van der Waals surface area contributed by atoms with Crippen LogP contribution in [0.5, 0.6) is 0 Å². The second-order valence-corrected chi connectivity index (χ2v) is 11.1. The van der Waals surface area contributed by atoms with E-state index < -0.39 is 8.07 Å². The van der Waals surface area contributed by atoms with Crippen LogP contribution >= 0.6 is 0 Å². The lowest BCUT2D eigenvalue weighted by Gasteiger charge is -2.06. The van der Waals surface area contributed by atoms with Crippen molar-refractivity contribution in [1.82, 2.24) is 0 Å². The fourth-order valence-electron chi connectivity index (χ4n) is 2.02. The Kier molecular flexibility index (Phi) is 7.40. The Hall–Kier alpha value is -1.26. The van der Waals surface area contributed by atoms with Crippen LogP contribution in [-0.2, 0) is 0 Å². The summed E-state index contributed by atoms with van der Waals surface area (Å²) in [5.41, 5.74) is 6.26. The zero-order valence-corrected chi connectivity index (χ0v) is 14.5. The molecule has 0 aliphatic carbocycles. The lowest BCUT2D eigenvalue weighted by Crippen LogP contribution is -2.16. The second-order valence-electron chi connectivity index (χ2n) is 6.40. The average Bonchev–Trinajstić information content (AvgIpc) is 2.38. The SMILES string of the molecule is CCCCC/C(=C\c1ccccc1)CC#C[Si](C)(C)C. The van der Waals surface area contributed by atoms with Crippen molar-refractivity contribution in [2.24, 2.45) is 0 Å². The van der Waals surface area contributed by atoms with Crippen LogP contribution in [0.4, 0.5) is 0 Å². The van der Waals surface area contributed by atoms with Gasteiger partial charge in [-0.25, -0.2) is 0 Å². The second kappa shape index (κ2) is 8.82. The van der Waals surface area contributed by atoms with Crippen LogP contribution in [-0.4, -0.2) is 8.07 Å². The number of rotatable bonds is 6. The predicted molar refractivity (Wildman–Crippen MR) is 94.3 cm³/mol. The number of benzene rings is 1. The minimum absolute atomic E-state index is 0.933. The van der Waals surface area contributed by atoms with E-state index >= 15 is 0 Å². The molecule has 0 nitrogen and oxygen atoms in total. The number of hydrogen-bond acceptors (Lipinski definition) is 0. The van der Waals surface area contributed by atoms with Crippen LogP contribution < -0.4 is 0 Å². The fourth-order valence-corrected chi connectivity index (χ4v) is 2.64. The van der Waals surface area contributed by atoms with Crippen molar-refractivity contribution >= 4 is 14.1 Å². The fraction of sp³-hybridized carbons (Fsp3) is 0.474. The first-order valence-corrected chi connectivity index (χ1v) is 11.3. The molecule has 0 fully saturated rings. The molecule has 0 radical (unpaired) electrons. The van der Waals surface area contributed by atoms with E-state index in [4.69, 9.17) is 0 Å². The van der Waals surface area contributed by atoms with Gasteiger partial charge in [-0.15, -0.1) is 11.5 Å². The normalized spacial score (nSPS) is 11.9. The summed E-state index contributed by atoms with van der Waals surface area (Å²) in [6, 6.07) is 10.6. The first-order chi connectivity index (χ1) is 9.51. The van der Waals surface area contributed by atoms with Crippen LogP contribution in [0.2, 0.25) is 19.6 Å². The van der Waals surface area contributed by atoms with E-state index in [-0.39, 0.29) is 0 Å². The van der Waals surface area contributed by atoms with E-state index in [1.165, 1.54) is 36.8 Å². The third-order valence-electron chi connectivity index (χ3n) is 3.05. The molecule has 0 saturated heterocycles. The number of hydrogen-bond donors (Lipinski definition) is 0. The Morgan fingerprint density at radius 3 is 2.40 bits per heavy atom. The van der Waals surface area contributed by atoms with E-state index in [9.17, 15) is 0 Å². The minimum Gasteiger partial charge on any atom is -0.132 e. The monoisotopic (exact) mass is 284 g/mol. The van der Waals surface area contributed by atoms with E-state index in [0.717, 1.165) is 6.42 Å². The maximum Gasteiger partial charge on any atom is 0.129 e. The minimum atomic E-state index is -1.24. The van der Waals surface area contributed by atoms with Crippen LogP contribution in [0.25, 0.3) is 6.08 Å². The van der Waals surface area contributed by atoms with Gasteiger partial charge in [0.25, 0.3) is 0 Å². The van der Waals surface area contributed by atoms with Gasteiger partial charge in [0.1, 0.15) is 8.07 Å². The van der Waals surface area contributed by atoms with Gasteiger partial charge in [-0.1, -0.05) is 81.4 Å². The Bertz CT molecular complexity index is 466. The molecule has 108 valence electrons. The largest absolute Gasteiger partial charge is 0.132 e. The molecule has 0 saturated carbocycles. The molecule has 0 atom stereocenters. The third kappa shape index (κ3) is 8.02. The Morgan fingerprint density at radius 1 is 1.10 bits per heavy atom. The first kappa shape index (κ1) is 16.8. The van der Waals surface area contributed by atoms with Crippen LogP contribution in [0.1, 0.15) is 44.6 Å². The van der Waals surface area contributed by atoms with Gasteiger partial charge >= 0.3 is 0 Å². The van der Waals surface area contributed by atoms with Gasteiger partial charge in [-0.05, 0) is 18.4 Å². The van der Waals surface area contributed by atoms with E-state index in [0.29, 0.717) is 0 Å². The van der Waals surface area contributed by atoms with Crippen molar-refractivity contribution in [2.45, 2.75) is 58.7 Å². The zero-order valence-electron chi connectivity index (χ0n) is 13.5.